The number of anilines is 1. The molecule has 1 amide bonds. The van der Waals surface area contributed by atoms with E-state index in [2.05, 4.69) is 16.3 Å². The van der Waals surface area contributed by atoms with Crippen LogP contribution in [0.1, 0.15) is 24.5 Å². The molecule has 100 valence electrons. The zero-order chi connectivity index (χ0) is 13.8. The van der Waals surface area contributed by atoms with Crippen molar-refractivity contribution in [3.8, 4) is 6.07 Å². The van der Waals surface area contributed by atoms with E-state index in [0.29, 0.717) is 12.1 Å². The molecule has 1 unspecified atom stereocenters. The smallest absolute Gasteiger partial charge is 0.217 e. The molecule has 1 aliphatic rings. The maximum Gasteiger partial charge on any atom is 0.217 e. The van der Waals surface area contributed by atoms with Crippen LogP contribution in [0.25, 0.3) is 0 Å². The molecule has 0 radical (unpaired) electrons. The molecule has 0 saturated carbocycles. The van der Waals surface area contributed by atoms with Crippen molar-refractivity contribution in [1.29, 1.82) is 5.26 Å². The van der Waals surface area contributed by atoms with Gasteiger partial charge in [0, 0.05) is 32.6 Å². The van der Waals surface area contributed by atoms with Crippen LogP contribution in [0, 0.1) is 11.3 Å². The van der Waals surface area contributed by atoms with E-state index in [1.54, 1.807) is 0 Å². The van der Waals surface area contributed by atoms with E-state index in [-0.39, 0.29) is 11.9 Å². The Hall–Kier alpha value is -2.06. The molecule has 0 bridgehead atoms. The van der Waals surface area contributed by atoms with E-state index >= 15 is 0 Å². The van der Waals surface area contributed by atoms with Gasteiger partial charge >= 0.3 is 0 Å². The summed E-state index contributed by atoms with van der Waals surface area (Å²) in [7, 11) is 0. The molecule has 5 nitrogen and oxygen atoms in total. The Bertz CT molecular complexity index is 521. The Morgan fingerprint density at radius 1 is 1.63 bits per heavy atom. The lowest BCUT2D eigenvalue weighted by Gasteiger charge is -2.20. The number of amides is 1. The van der Waals surface area contributed by atoms with Gasteiger partial charge in [0.2, 0.25) is 5.91 Å². The summed E-state index contributed by atoms with van der Waals surface area (Å²) in [6.45, 7) is 3.56. The second-order valence-electron chi connectivity index (χ2n) is 4.80. The maximum absolute atomic E-state index is 11.1. The fourth-order valence-corrected chi connectivity index (χ4v) is 2.46. The highest BCUT2D eigenvalue weighted by atomic mass is 16.1. The van der Waals surface area contributed by atoms with Crippen molar-refractivity contribution < 1.29 is 4.79 Å². The van der Waals surface area contributed by atoms with E-state index in [1.165, 1.54) is 6.92 Å². The van der Waals surface area contributed by atoms with Crippen molar-refractivity contribution in [1.82, 2.24) is 5.32 Å². The monoisotopic (exact) mass is 258 g/mol. The van der Waals surface area contributed by atoms with Gasteiger partial charge in [-0.1, -0.05) is 6.07 Å². The second kappa shape index (κ2) is 5.72. The maximum atomic E-state index is 11.1. The van der Waals surface area contributed by atoms with Crippen molar-refractivity contribution in [3.63, 3.8) is 0 Å². The minimum Gasteiger partial charge on any atom is -0.368 e. The molecule has 1 aliphatic heterocycles. The van der Waals surface area contributed by atoms with Crippen LogP contribution in [-0.2, 0) is 11.3 Å². The number of nitrogens with zero attached hydrogens (tertiary/aromatic N) is 2. The standard InChI is InChI=1S/C14H18N4O/c1-10(19)17-13-4-5-18(9-13)14-3-2-11(7-15)6-12(14)8-16/h2-3,6,13H,4-5,7,9,15H2,1H3,(H,17,19). The summed E-state index contributed by atoms with van der Waals surface area (Å²) in [5.41, 5.74) is 8.11. The average Bonchev–Trinajstić information content (AvgIpc) is 2.85. The Labute approximate surface area is 113 Å². The number of hydrogen-bond donors (Lipinski definition) is 2. The highest BCUT2D eigenvalue weighted by Gasteiger charge is 2.24. The van der Waals surface area contributed by atoms with Gasteiger partial charge in [0.15, 0.2) is 0 Å². The highest BCUT2D eigenvalue weighted by Crippen LogP contribution is 2.25. The van der Waals surface area contributed by atoms with E-state index in [4.69, 9.17) is 5.73 Å². The van der Waals surface area contributed by atoms with E-state index < -0.39 is 0 Å². The Kier molecular flexibility index (Phi) is 4.03. The first-order valence-corrected chi connectivity index (χ1v) is 6.39. The largest absolute Gasteiger partial charge is 0.368 e. The molecule has 1 atom stereocenters. The SMILES string of the molecule is CC(=O)NC1CCN(c2ccc(CN)cc2C#N)C1. The molecule has 0 spiro atoms. The predicted molar refractivity (Wildman–Crippen MR) is 73.5 cm³/mol. The molecular weight excluding hydrogens is 240 g/mol. The third-order valence-electron chi connectivity index (χ3n) is 3.35. The normalized spacial score (nSPS) is 18.2. The molecule has 1 heterocycles. The lowest BCUT2D eigenvalue weighted by atomic mass is 10.1. The summed E-state index contributed by atoms with van der Waals surface area (Å²) in [5.74, 6) is -0.00848. The fraction of sp³-hybridized carbons (Fsp3) is 0.429. The van der Waals surface area contributed by atoms with E-state index in [9.17, 15) is 10.1 Å². The van der Waals surface area contributed by atoms with Gasteiger partial charge in [-0.25, -0.2) is 0 Å². The minimum atomic E-state index is -0.00848. The van der Waals surface area contributed by atoms with Crippen LogP contribution in [0.5, 0.6) is 0 Å². The Balaban J connectivity index is 2.15. The van der Waals surface area contributed by atoms with E-state index in [0.717, 1.165) is 30.8 Å². The van der Waals surface area contributed by atoms with E-state index in [1.807, 2.05) is 18.2 Å². The quantitative estimate of drug-likeness (QED) is 0.837. The molecule has 0 aliphatic carbocycles. The van der Waals surface area contributed by atoms with Crippen molar-refractivity contribution in [2.24, 2.45) is 5.73 Å². The van der Waals surface area contributed by atoms with Crippen LogP contribution < -0.4 is 16.0 Å². The minimum absolute atomic E-state index is 0.00848. The topological polar surface area (TPSA) is 82.2 Å². The predicted octanol–water partition coefficient (Wildman–Crippen LogP) is 0.732. The summed E-state index contributed by atoms with van der Waals surface area (Å²) in [4.78, 5) is 13.2. The summed E-state index contributed by atoms with van der Waals surface area (Å²) in [5, 5.41) is 12.1. The molecule has 1 fully saturated rings. The van der Waals surface area contributed by atoms with Gasteiger partial charge in [-0.3, -0.25) is 4.79 Å². The molecule has 1 aromatic rings. The molecule has 1 saturated heterocycles. The van der Waals surface area contributed by atoms with Crippen molar-refractivity contribution in [3.05, 3.63) is 29.3 Å². The second-order valence-corrected chi connectivity index (χ2v) is 4.80. The molecule has 0 aromatic heterocycles. The van der Waals surface area contributed by atoms with Gasteiger partial charge in [0.1, 0.15) is 6.07 Å². The van der Waals surface area contributed by atoms with Gasteiger partial charge in [-0.05, 0) is 24.1 Å². The molecule has 2 rings (SSSR count). The highest BCUT2D eigenvalue weighted by molar-refractivity contribution is 5.73. The van der Waals surface area contributed by atoms with Crippen molar-refractivity contribution in [2.45, 2.75) is 25.9 Å². The lowest BCUT2D eigenvalue weighted by Crippen LogP contribution is -2.35. The number of rotatable bonds is 3. The van der Waals surface area contributed by atoms with Crippen molar-refractivity contribution >= 4 is 11.6 Å². The average molecular weight is 258 g/mol. The van der Waals surface area contributed by atoms with Crippen LogP contribution in [-0.4, -0.2) is 25.0 Å². The third-order valence-corrected chi connectivity index (χ3v) is 3.35. The summed E-state index contributed by atoms with van der Waals surface area (Å²) >= 11 is 0. The number of nitriles is 1. The first-order chi connectivity index (χ1) is 9.13. The molecule has 3 N–H and O–H groups in total. The number of nitrogens with one attached hydrogen (secondary N) is 1. The number of benzene rings is 1. The van der Waals surface area contributed by atoms with Gasteiger partial charge in [-0.2, -0.15) is 5.26 Å². The first kappa shape index (κ1) is 13.4. The van der Waals surface area contributed by atoms with Gasteiger partial charge in [0.05, 0.1) is 11.3 Å². The fourth-order valence-electron chi connectivity index (χ4n) is 2.46. The zero-order valence-electron chi connectivity index (χ0n) is 11.0. The number of carbonyl (C=O) groups is 1. The molecule has 19 heavy (non-hydrogen) atoms. The summed E-state index contributed by atoms with van der Waals surface area (Å²) < 4.78 is 0. The third kappa shape index (κ3) is 3.04. The molecule has 1 aromatic carbocycles. The number of carbonyl (C=O) groups excluding carboxylic acids is 1. The molecular formula is C14H18N4O. The van der Waals surface area contributed by atoms with Crippen molar-refractivity contribution in [2.75, 3.05) is 18.0 Å². The zero-order valence-corrected chi connectivity index (χ0v) is 11.0. The van der Waals surface area contributed by atoms with Gasteiger partial charge in [-0.15, -0.1) is 0 Å². The van der Waals surface area contributed by atoms with Crippen LogP contribution in [0.4, 0.5) is 5.69 Å². The summed E-state index contributed by atoms with van der Waals surface area (Å²) in [6, 6.07) is 8.11. The number of hydrogen-bond acceptors (Lipinski definition) is 4. The lowest BCUT2D eigenvalue weighted by molar-refractivity contribution is -0.119. The van der Waals surface area contributed by atoms with Crippen LogP contribution in [0.3, 0.4) is 0 Å². The Morgan fingerprint density at radius 3 is 3.05 bits per heavy atom. The van der Waals surface area contributed by atoms with Crippen LogP contribution in [0.15, 0.2) is 18.2 Å². The van der Waals surface area contributed by atoms with Gasteiger partial charge < -0.3 is 16.0 Å². The summed E-state index contributed by atoms with van der Waals surface area (Å²) in [6.07, 6.45) is 0.906. The first-order valence-electron chi connectivity index (χ1n) is 6.39. The van der Waals surface area contributed by atoms with Crippen LogP contribution in [0.2, 0.25) is 0 Å². The van der Waals surface area contributed by atoms with Gasteiger partial charge in [0.25, 0.3) is 0 Å². The Morgan fingerprint density at radius 2 is 2.42 bits per heavy atom. The number of nitrogens with two attached hydrogens (primary N) is 1. The molecule has 5 heteroatoms. The van der Waals surface area contributed by atoms with Crippen LogP contribution >= 0.6 is 0 Å².